The fraction of sp³-hybridized carbons (Fsp3) is 0.684. The Hall–Kier alpha value is -0.860. The SMILES string of the molecule is CCCN(Cc1c(C)cccc1C)C1CC2CCC(C1)N2. The van der Waals surface area contributed by atoms with Crippen LogP contribution in [0.4, 0.5) is 0 Å². The second-order valence-electron chi connectivity index (χ2n) is 7.10. The van der Waals surface area contributed by atoms with Crippen molar-refractivity contribution in [3.8, 4) is 0 Å². The highest BCUT2D eigenvalue weighted by Crippen LogP contribution is 2.31. The summed E-state index contributed by atoms with van der Waals surface area (Å²) in [6, 6.07) is 9.06. The smallest absolute Gasteiger partial charge is 0.0241 e. The monoisotopic (exact) mass is 286 g/mol. The van der Waals surface area contributed by atoms with Crippen molar-refractivity contribution in [2.75, 3.05) is 6.54 Å². The molecule has 21 heavy (non-hydrogen) atoms. The van der Waals surface area contributed by atoms with E-state index in [0.717, 1.165) is 24.7 Å². The fourth-order valence-corrected chi connectivity index (χ4v) is 4.30. The number of rotatable bonds is 5. The van der Waals surface area contributed by atoms with E-state index in [0.29, 0.717) is 0 Å². The molecule has 2 nitrogen and oxygen atoms in total. The summed E-state index contributed by atoms with van der Waals surface area (Å²) in [6.45, 7) is 9.21. The zero-order valence-electron chi connectivity index (χ0n) is 13.9. The van der Waals surface area contributed by atoms with Crippen molar-refractivity contribution in [1.29, 1.82) is 0 Å². The van der Waals surface area contributed by atoms with E-state index in [9.17, 15) is 0 Å². The van der Waals surface area contributed by atoms with E-state index in [1.807, 2.05) is 0 Å². The normalized spacial score (nSPS) is 28.3. The lowest BCUT2D eigenvalue weighted by Crippen LogP contribution is -2.48. The lowest BCUT2D eigenvalue weighted by molar-refractivity contribution is 0.133. The summed E-state index contributed by atoms with van der Waals surface area (Å²) >= 11 is 0. The maximum absolute atomic E-state index is 3.78. The number of aryl methyl sites for hydroxylation is 2. The zero-order chi connectivity index (χ0) is 14.8. The number of fused-ring (bicyclic) bond motifs is 2. The number of benzene rings is 1. The maximum Gasteiger partial charge on any atom is 0.0241 e. The topological polar surface area (TPSA) is 15.3 Å². The van der Waals surface area contributed by atoms with Gasteiger partial charge in [0.1, 0.15) is 0 Å². The summed E-state index contributed by atoms with van der Waals surface area (Å²) < 4.78 is 0. The van der Waals surface area contributed by atoms with Gasteiger partial charge in [-0.25, -0.2) is 0 Å². The Labute approximate surface area is 129 Å². The molecule has 2 unspecified atom stereocenters. The fourth-order valence-electron chi connectivity index (χ4n) is 4.30. The van der Waals surface area contributed by atoms with Crippen molar-refractivity contribution < 1.29 is 0 Å². The van der Waals surface area contributed by atoms with Crippen molar-refractivity contribution in [3.05, 3.63) is 34.9 Å². The molecule has 2 fully saturated rings. The molecule has 2 aliphatic heterocycles. The predicted molar refractivity (Wildman–Crippen MR) is 89.6 cm³/mol. The quantitative estimate of drug-likeness (QED) is 0.885. The van der Waals surface area contributed by atoms with Gasteiger partial charge in [-0.2, -0.15) is 0 Å². The first-order valence-corrected chi connectivity index (χ1v) is 8.72. The largest absolute Gasteiger partial charge is 0.311 e. The lowest BCUT2D eigenvalue weighted by Gasteiger charge is -2.38. The summed E-state index contributed by atoms with van der Waals surface area (Å²) in [5, 5.41) is 3.78. The van der Waals surface area contributed by atoms with Crippen LogP contribution in [0.15, 0.2) is 18.2 Å². The molecule has 2 heteroatoms. The van der Waals surface area contributed by atoms with Crippen LogP contribution in [-0.4, -0.2) is 29.6 Å². The molecular formula is C19H30N2. The number of piperidine rings is 1. The van der Waals surface area contributed by atoms with E-state index in [1.54, 1.807) is 5.56 Å². The van der Waals surface area contributed by atoms with Crippen molar-refractivity contribution in [3.63, 3.8) is 0 Å². The van der Waals surface area contributed by atoms with Gasteiger partial charge in [0.15, 0.2) is 0 Å². The maximum atomic E-state index is 3.78. The highest BCUT2D eigenvalue weighted by molar-refractivity contribution is 5.33. The molecule has 0 saturated carbocycles. The first-order valence-electron chi connectivity index (χ1n) is 8.72. The summed E-state index contributed by atoms with van der Waals surface area (Å²) in [5.41, 5.74) is 4.46. The third kappa shape index (κ3) is 3.32. The zero-order valence-corrected chi connectivity index (χ0v) is 13.9. The Bertz CT molecular complexity index is 450. The Balaban J connectivity index is 1.75. The molecule has 0 aliphatic carbocycles. The van der Waals surface area contributed by atoms with Gasteiger partial charge in [0, 0.05) is 24.7 Å². The van der Waals surface area contributed by atoms with E-state index in [4.69, 9.17) is 0 Å². The molecule has 1 N–H and O–H groups in total. The molecule has 2 aliphatic rings. The third-order valence-electron chi connectivity index (χ3n) is 5.48. The molecular weight excluding hydrogens is 256 g/mol. The van der Waals surface area contributed by atoms with Gasteiger partial charge in [0.25, 0.3) is 0 Å². The Kier molecular flexibility index (Phi) is 4.66. The summed E-state index contributed by atoms with van der Waals surface area (Å²) in [7, 11) is 0. The molecule has 1 aromatic carbocycles. The molecule has 2 atom stereocenters. The first kappa shape index (κ1) is 15.1. The van der Waals surface area contributed by atoms with E-state index in [-0.39, 0.29) is 0 Å². The van der Waals surface area contributed by atoms with Gasteiger partial charge in [-0.1, -0.05) is 25.1 Å². The van der Waals surface area contributed by atoms with Gasteiger partial charge >= 0.3 is 0 Å². The summed E-state index contributed by atoms with van der Waals surface area (Å²) in [5.74, 6) is 0. The second-order valence-corrected chi connectivity index (χ2v) is 7.10. The minimum absolute atomic E-state index is 0.780. The van der Waals surface area contributed by atoms with E-state index < -0.39 is 0 Å². The van der Waals surface area contributed by atoms with Gasteiger partial charge in [0.05, 0.1) is 0 Å². The van der Waals surface area contributed by atoms with Gasteiger partial charge in [-0.15, -0.1) is 0 Å². The Morgan fingerprint density at radius 1 is 1.10 bits per heavy atom. The number of hydrogen-bond acceptors (Lipinski definition) is 2. The molecule has 0 spiro atoms. The first-order chi connectivity index (χ1) is 10.2. The van der Waals surface area contributed by atoms with Crippen molar-refractivity contribution in [2.24, 2.45) is 0 Å². The molecule has 0 radical (unpaired) electrons. The molecule has 0 aromatic heterocycles. The van der Waals surface area contributed by atoms with Crippen molar-refractivity contribution >= 4 is 0 Å². The summed E-state index contributed by atoms with van der Waals surface area (Å²) in [4.78, 5) is 2.77. The minimum atomic E-state index is 0.780. The highest BCUT2D eigenvalue weighted by atomic mass is 15.2. The van der Waals surface area contributed by atoms with Gasteiger partial charge in [0.2, 0.25) is 0 Å². The number of nitrogens with one attached hydrogen (secondary N) is 1. The molecule has 116 valence electrons. The third-order valence-corrected chi connectivity index (χ3v) is 5.48. The molecule has 1 aromatic rings. The van der Waals surface area contributed by atoms with E-state index in [2.05, 4.69) is 49.2 Å². The molecule has 2 heterocycles. The van der Waals surface area contributed by atoms with Crippen molar-refractivity contribution in [2.45, 2.75) is 77.5 Å². The van der Waals surface area contributed by atoms with Gasteiger partial charge in [-0.3, -0.25) is 4.90 Å². The van der Waals surface area contributed by atoms with Gasteiger partial charge in [-0.05, 0) is 69.2 Å². The molecule has 0 amide bonds. The lowest BCUT2D eigenvalue weighted by atomic mass is 9.96. The molecule has 3 rings (SSSR count). The Morgan fingerprint density at radius 2 is 1.71 bits per heavy atom. The van der Waals surface area contributed by atoms with Crippen LogP contribution in [0.1, 0.15) is 55.7 Å². The number of hydrogen-bond donors (Lipinski definition) is 1. The van der Waals surface area contributed by atoms with E-state index in [1.165, 1.54) is 49.8 Å². The second kappa shape index (κ2) is 6.50. The minimum Gasteiger partial charge on any atom is -0.311 e. The average Bonchev–Trinajstić information content (AvgIpc) is 2.80. The predicted octanol–water partition coefficient (Wildman–Crippen LogP) is 3.80. The van der Waals surface area contributed by atoms with Crippen LogP contribution in [0.3, 0.4) is 0 Å². The van der Waals surface area contributed by atoms with Crippen LogP contribution in [0.2, 0.25) is 0 Å². The van der Waals surface area contributed by atoms with Crippen LogP contribution in [0.5, 0.6) is 0 Å². The van der Waals surface area contributed by atoms with E-state index >= 15 is 0 Å². The Morgan fingerprint density at radius 3 is 2.29 bits per heavy atom. The van der Waals surface area contributed by atoms with Crippen LogP contribution in [-0.2, 0) is 6.54 Å². The molecule has 2 bridgehead atoms. The molecule has 2 saturated heterocycles. The van der Waals surface area contributed by atoms with Crippen molar-refractivity contribution in [1.82, 2.24) is 10.2 Å². The number of nitrogens with zero attached hydrogens (tertiary/aromatic N) is 1. The average molecular weight is 286 g/mol. The van der Waals surface area contributed by atoms with Crippen LogP contribution >= 0.6 is 0 Å². The van der Waals surface area contributed by atoms with Crippen LogP contribution in [0.25, 0.3) is 0 Å². The summed E-state index contributed by atoms with van der Waals surface area (Å²) in [6.07, 6.45) is 6.74. The highest BCUT2D eigenvalue weighted by Gasteiger charge is 2.35. The van der Waals surface area contributed by atoms with Gasteiger partial charge < -0.3 is 5.32 Å². The van der Waals surface area contributed by atoms with Crippen LogP contribution in [0, 0.1) is 13.8 Å². The van der Waals surface area contributed by atoms with Crippen LogP contribution < -0.4 is 5.32 Å². The standard InChI is InChI=1S/C19H30N2/c1-4-10-21(13-19-14(2)6-5-7-15(19)3)18-11-16-8-9-17(12-18)20-16/h5-7,16-18,20H,4,8-13H2,1-3H3.